The molecule has 0 spiro atoms. The molecule has 0 aromatic heterocycles. The molecule has 0 aliphatic heterocycles. The Kier molecular flexibility index (Phi) is 3.96. The Balaban J connectivity index is 2.45. The Bertz CT molecular complexity index is 406. The van der Waals surface area contributed by atoms with Crippen LogP contribution >= 0.6 is 0 Å². The highest BCUT2D eigenvalue weighted by Gasteiger charge is 2.35. The quantitative estimate of drug-likeness (QED) is 0.856. The lowest BCUT2D eigenvalue weighted by Gasteiger charge is -2.37. The summed E-state index contributed by atoms with van der Waals surface area (Å²) in [5, 5.41) is 10.6. The number of para-hydroxylation sites is 1. The van der Waals surface area contributed by atoms with Crippen LogP contribution in [-0.4, -0.2) is 11.7 Å². The largest absolute Gasteiger partial charge is 0.507 e. The van der Waals surface area contributed by atoms with Crippen LogP contribution in [0.15, 0.2) is 18.2 Å². The summed E-state index contributed by atoms with van der Waals surface area (Å²) < 4.78 is 0. The Labute approximate surface area is 110 Å². The summed E-state index contributed by atoms with van der Waals surface area (Å²) in [7, 11) is 0. The van der Waals surface area contributed by atoms with Crippen LogP contribution in [0.2, 0.25) is 0 Å². The topological polar surface area (TPSA) is 46.2 Å². The summed E-state index contributed by atoms with van der Waals surface area (Å²) >= 11 is 0. The molecule has 2 heteroatoms. The average molecular weight is 247 g/mol. The minimum absolute atomic E-state index is 0.00718. The van der Waals surface area contributed by atoms with Crippen molar-refractivity contribution in [1.82, 2.24) is 0 Å². The first kappa shape index (κ1) is 13.4. The third-order valence-corrected chi connectivity index (χ3v) is 4.46. The number of hydrogen-bond donors (Lipinski definition) is 2. The fourth-order valence-electron chi connectivity index (χ4n) is 3.27. The lowest BCUT2D eigenvalue weighted by molar-refractivity contribution is 0.290. The fourth-order valence-corrected chi connectivity index (χ4v) is 3.27. The van der Waals surface area contributed by atoms with E-state index in [9.17, 15) is 5.11 Å². The van der Waals surface area contributed by atoms with E-state index in [2.05, 4.69) is 26.0 Å². The maximum Gasteiger partial charge on any atom is 0.122 e. The van der Waals surface area contributed by atoms with Gasteiger partial charge in [-0.05, 0) is 24.3 Å². The Morgan fingerprint density at radius 2 is 1.89 bits per heavy atom. The number of aromatic hydroxyl groups is 1. The molecule has 0 atom stereocenters. The van der Waals surface area contributed by atoms with Crippen LogP contribution < -0.4 is 5.73 Å². The van der Waals surface area contributed by atoms with Gasteiger partial charge in [0.2, 0.25) is 0 Å². The second-order valence-electron chi connectivity index (χ2n) is 5.94. The zero-order valence-corrected chi connectivity index (χ0v) is 11.6. The third kappa shape index (κ3) is 2.26. The van der Waals surface area contributed by atoms with Crippen molar-refractivity contribution < 1.29 is 5.11 Å². The van der Waals surface area contributed by atoms with E-state index in [4.69, 9.17) is 5.73 Å². The normalized spacial score (nSPS) is 19.1. The summed E-state index contributed by atoms with van der Waals surface area (Å²) in [5.74, 6) is 0.836. The van der Waals surface area contributed by atoms with Gasteiger partial charge >= 0.3 is 0 Å². The molecule has 1 aromatic rings. The smallest absolute Gasteiger partial charge is 0.122 e. The number of phenols is 1. The van der Waals surface area contributed by atoms with Gasteiger partial charge in [0.1, 0.15) is 5.75 Å². The SMILES string of the molecule is CC(C)c1cccc(C2(CN)CCCCC2)c1O. The van der Waals surface area contributed by atoms with Crippen molar-refractivity contribution in [2.24, 2.45) is 5.73 Å². The molecule has 18 heavy (non-hydrogen) atoms. The molecule has 1 aliphatic carbocycles. The van der Waals surface area contributed by atoms with E-state index in [0.29, 0.717) is 18.2 Å². The van der Waals surface area contributed by atoms with E-state index < -0.39 is 0 Å². The molecule has 1 aromatic carbocycles. The van der Waals surface area contributed by atoms with Gasteiger partial charge < -0.3 is 10.8 Å². The lowest BCUT2D eigenvalue weighted by Crippen LogP contribution is -2.37. The number of phenolic OH excluding ortho intramolecular Hbond substituents is 1. The van der Waals surface area contributed by atoms with Crippen molar-refractivity contribution in [2.45, 2.75) is 57.3 Å². The first-order valence-corrected chi connectivity index (χ1v) is 7.13. The van der Waals surface area contributed by atoms with Gasteiger partial charge in [-0.15, -0.1) is 0 Å². The summed E-state index contributed by atoms with van der Waals surface area (Å²) in [6.45, 7) is 4.88. The number of hydrogen-bond acceptors (Lipinski definition) is 2. The molecule has 0 amide bonds. The van der Waals surface area contributed by atoms with Crippen LogP contribution in [0.4, 0.5) is 0 Å². The summed E-state index contributed by atoms with van der Waals surface area (Å²) in [6.07, 6.45) is 5.97. The van der Waals surface area contributed by atoms with Crippen LogP contribution in [0.3, 0.4) is 0 Å². The van der Waals surface area contributed by atoms with E-state index in [1.165, 1.54) is 19.3 Å². The van der Waals surface area contributed by atoms with Gasteiger partial charge in [-0.1, -0.05) is 51.3 Å². The van der Waals surface area contributed by atoms with Crippen molar-refractivity contribution in [3.63, 3.8) is 0 Å². The monoisotopic (exact) mass is 247 g/mol. The first-order valence-electron chi connectivity index (χ1n) is 7.13. The molecule has 1 saturated carbocycles. The van der Waals surface area contributed by atoms with E-state index in [1.807, 2.05) is 6.07 Å². The highest BCUT2D eigenvalue weighted by molar-refractivity contribution is 5.46. The van der Waals surface area contributed by atoms with Crippen LogP contribution in [-0.2, 0) is 5.41 Å². The maximum absolute atomic E-state index is 10.6. The molecule has 100 valence electrons. The predicted octanol–water partition coefficient (Wildman–Crippen LogP) is 3.68. The summed E-state index contributed by atoms with van der Waals surface area (Å²) in [6, 6.07) is 6.16. The van der Waals surface area contributed by atoms with Gasteiger partial charge in [-0.3, -0.25) is 0 Å². The molecular weight excluding hydrogens is 222 g/mol. The Morgan fingerprint density at radius 1 is 1.22 bits per heavy atom. The minimum Gasteiger partial charge on any atom is -0.507 e. The van der Waals surface area contributed by atoms with Crippen molar-refractivity contribution >= 4 is 0 Å². The first-order chi connectivity index (χ1) is 8.60. The molecule has 0 saturated heterocycles. The van der Waals surface area contributed by atoms with Crippen molar-refractivity contribution in [3.8, 4) is 5.75 Å². The van der Waals surface area contributed by atoms with E-state index in [0.717, 1.165) is 24.0 Å². The predicted molar refractivity (Wildman–Crippen MR) is 76.0 cm³/mol. The summed E-state index contributed by atoms with van der Waals surface area (Å²) in [5.41, 5.74) is 8.19. The molecule has 1 fully saturated rings. The molecule has 3 N–H and O–H groups in total. The molecule has 2 nitrogen and oxygen atoms in total. The number of rotatable bonds is 3. The van der Waals surface area contributed by atoms with Crippen LogP contribution in [0.25, 0.3) is 0 Å². The fraction of sp³-hybridized carbons (Fsp3) is 0.625. The highest BCUT2D eigenvalue weighted by Crippen LogP contribution is 2.44. The van der Waals surface area contributed by atoms with Crippen LogP contribution in [0.5, 0.6) is 5.75 Å². The van der Waals surface area contributed by atoms with E-state index in [1.54, 1.807) is 0 Å². The number of benzene rings is 1. The van der Waals surface area contributed by atoms with Gasteiger partial charge in [-0.25, -0.2) is 0 Å². The van der Waals surface area contributed by atoms with Crippen molar-refractivity contribution in [2.75, 3.05) is 6.54 Å². The van der Waals surface area contributed by atoms with Crippen molar-refractivity contribution in [1.29, 1.82) is 0 Å². The molecule has 1 aliphatic rings. The van der Waals surface area contributed by atoms with E-state index >= 15 is 0 Å². The molecule has 0 radical (unpaired) electrons. The van der Waals surface area contributed by atoms with Crippen LogP contribution in [0, 0.1) is 0 Å². The Hall–Kier alpha value is -1.02. The van der Waals surface area contributed by atoms with E-state index in [-0.39, 0.29) is 5.41 Å². The van der Waals surface area contributed by atoms with Gasteiger partial charge in [0.25, 0.3) is 0 Å². The molecular formula is C16H25NO. The molecule has 0 unspecified atom stereocenters. The zero-order chi connectivity index (χ0) is 13.2. The van der Waals surface area contributed by atoms with Crippen LogP contribution in [0.1, 0.15) is 63.0 Å². The zero-order valence-electron chi connectivity index (χ0n) is 11.6. The summed E-state index contributed by atoms with van der Waals surface area (Å²) in [4.78, 5) is 0. The Morgan fingerprint density at radius 3 is 2.44 bits per heavy atom. The standard InChI is InChI=1S/C16H25NO/c1-12(2)13-7-6-8-14(15(13)18)16(11-17)9-4-3-5-10-16/h6-8,12,18H,3-5,9-11,17H2,1-2H3. The molecule has 0 heterocycles. The van der Waals surface area contributed by atoms with Gasteiger partial charge in [-0.2, -0.15) is 0 Å². The van der Waals surface area contributed by atoms with Gasteiger partial charge in [0.15, 0.2) is 0 Å². The lowest BCUT2D eigenvalue weighted by atomic mass is 9.68. The molecule has 2 rings (SSSR count). The second-order valence-corrected chi connectivity index (χ2v) is 5.94. The molecule has 0 bridgehead atoms. The van der Waals surface area contributed by atoms with Gasteiger partial charge in [0.05, 0.1) is 0 Å². The minimum atomic E-state index is 0.00718. The number of nitrogens with two attached hydrogens (primary N) is 1. The maximum atomic E-state index is 10.6. The average Bonchev–Trinajstić information content (AvgIpc) is 2.39. The second kappa shape index (κ2) is 5.31. The third-order valence-electron chi connectivity index (χ3n) is 4.46. The highest BCUT2D eigenvalue weighted by atomic mass is 16.3. The van der Waals surface area contributed by atoms with Gasteiger partial charge in [0, 0.05) is 17.5 Å². The van der Waals surface area contributed by atoms with Crippen molar-refractivity contribution in [3.05, 3.63) is 29.3 Å².